The summed E-state index contributed by atoms with van der Waals surface area (Å²) in [5.74, 6) is 2.78. The molecule has 4 nitrogen and oxygen atoms in total. The molecular formula is C3H10N2O2. The van der Waals surface area contributed by atoms with Crippen molar-refractivity contribution in [2.24, 2.45) is 5.84 Å². The highest BCUT2D eigenvalue weighted by Crippen LogP contribution is 1.94. The van der Waals surface area contributed by atoms with Crippen molar-refractivity contribution in [3.05, 3.63) is 0 Å². The van der Waals surface area contributed by atoms with Crippen LogP contribution in [-0.4, -0.2) is 16.1 Å². The van der Waals surface area contributed by atoms with E-state index in [1.54, 1.807) is 12.3 Å². The van der Waals surface area contributed by atoms with Crippen LogP contribution in [0.2, 0.25) is 0 Å². The number of rotatable bonds is 2. The summed E-state index contributed by atoms with van der Waals surface area (Å²) in [6.45, 7) is 1.60. The average molecular weight is 106 g/mol. The molecule has 0 saturated carbocycles. The quantitative estimate of drug-likeness (QED) is 0.196. The number of hydrazine groups is 1. The van der Waals surface area contributed by atoms with E-state index in [9.17, 15) is 0 Å². The number of hydrogen-bond acceptors (Lipinski definition) is 4. The third-order valence-corrected chi connectivity index (χ3v) is 0.724. The van der Waals surface area contributed by atoms with Gasteiger partial charge in [-0.15, -0.1) is 0 Å². The molecule has 0 atom stereocenters. The first kappa shape index (κ1) is 6.84. The Hall–Kier alpha value is -0.160. The zero-order chi connectivity index (χ0) is 5.91. The normalized spacial score (nSPS) is 12.0. The largest absolute Gasteiger partial charge is 0.353 e. The minimum atomic E-state index is -1.89. The van der Waals surface area contributed by atoms with E-state index in [0.717, 1.165) is 0 Å². The summed E-state index contributed by atoms with van der Waals surface area (Å²) in [6.07, 6.45) is 0.170. The van der Waals surface area contributed by atoms with Gasteiger partial charge >= 0.3 is 0 Å². The Morgan fingerprint density at radius 2 is 2.14 bits per heavy atom. The third-order valence-electron chi connectivity index (χ3n) is 0.724. The van der Waals surface area contributed by atoms with Gasteiger partial charge in [0.15, 0.2) is 0 Å². The van der Waals surface area contributed by atoms with Gasteiger partial charge in [0.25, 0.3) is 0 Å². The smallest absolute Gasteiger partial charge is 0.234 e. The summed E-state index contributed by atoms with van der Waals surface area (Å²) in [4.78, 5) is 0. The molecule has 0 amide bonds. The molecule has 0 radical (unpaired) electrons. The van der Waals surface area contributed by atoms with E-state index in [-0.39, 0.29) is 6.42 Å². The number of aliphatic hydroxyl groups is 2. The molecule has 0 aromatic carbocycles. The third kappa shape index (κ3) is 2.52. The van der Waals surface area contributed by atoms with Crippen molar-refractivity contribution >= 4 is 0 Å². The lowest BCUT2D eigenvalue weighted by Gasteiger charge is -2.16. The maximum absolute atomic E-state index is 8.45. The molecule has 0 aliphatic heterocycles. The maximum atomic E-state index is 8.45. The molecule has 0 fully saturated rings. The highest BCUT2D eigenvalue weighted by molar-refractivity contribution is 4.49. The van der Waals surface area contributed by atoms with E-state index in [1.807, 2.05) is 0 Å². The van der Waals surface area contributed by atoms with Crippen molar-refractivity contribution in [1.82, 2.24) is 5.43 Å². The monoisotopic (exact) mass is 106 g/mol. The highest BCUT2D eigenvalue weighted by atomic mass is 16.5. The van der Waals surface area contributed by atoms with Gasteiger partial charge in [0.05, 0.1) is 0 Å². The molecule has 0 heterocycles. The molecule has 0 aliphatic carbocycles. The van der Waals surface area contributed by atoms with Gasteiger partial charge in [0.1, 0.15) is 0 Å². The van der Waals surface area contributed by atoms with Gasteiger partial charge in [-0.3, -0.25) is 5.84 Å². The van der Waals surface area contributed by atoms with Crippen molar-refractivity contribution in [3.63, 3.8) is 0 Å². The molecule has 0 saturated heterocycles. The summed E-state index contributed by atoms with van der Waals surface area (Å²) in [6, 6.07) is 0. The van der Waals surface area contributed by atoms with E-state index in [2.05, 4.69) is 5.84 Å². The molecule has 0 bridgehead atoms. The van der Waals surface area contributed by atoms with Crippen molar-refractivity contribution in [1.29, 1.82) is 0 Å². The SMILES string of the molecule is CCC(O)(O)NN. The number of nitrogens with one attached hydrogen (secondary N) is 1. The number of nitrogens with two attached hydrogens (primary N) is 1. The molecule has 7 heavy (non-hydrogen) atoms. The molecule has 0 aliphatic rings. The summed E-state index contributed by atoms with van der Waals surface area (Å²) in [5, 5.41) is 16.9. The topological polar surface area (TPSA) is 78.5 Å². The van der Waals surface area contributed by atoms with E-state index in [4.69, 9.17) is 10.2 Å². The summed E-state index contributed by atoms with van der Waals surface area (Å²) in [7, 11) is 0. The van der Waals surface area contributed by atoms with E-state index in [0.29, 0.717) is 0 Å². The summed E-state index contributed by atoms with van der Waals surface area (Å²) in [5.41, 5.74) is 1.80. The zero-order valence-corrected chi connectivity index (χ0v) is 4.18. The standard InChI is InChI=1S/C3H10N2O2/c1-2-3(6,7)5-4/h5-7H,2,4H2,1H3. The molecule has 0 rings (SSSR count). The summed E-state index contributed by atoms with van der Waals surface area (Å²) >= 11 is 0. The van der Waals surface area contributed by atoms with Crippen molar-refractivity contribution in [3.8, 4) is 0 Å². The number of hydrogen-bond donors (Lipinski definition) is 4. The molecule has 4 heteroatoms. The lowest BCUT2D eigenvalue weighted by Crippen LogP contribution is -2.48. The van der Waals surface area contributed by atoms with Crippen molar-refractivity contribution in [2.75, 3.05) is 0 Å². The Balaban J connectivity index is 3.36. The average Bonchev–Trinajstić information content (AvgIpc) is 1.68. The Labute approximate surface area is 41.9 Å². The first-order valence-electron chi connectivity index (χ1n) is 2.05. The summed E-state index contributed by atoms with van der Waals surface area (Å²) < 4.78 is 0. The zero-order valence-electron chi connectivity index (χ0n) is 4.18. The second kappa shape index (κ2) is 2.23. The van der Waals surface area contributed by atoms with Crippen LogP contribution >= 0.6 is 0 Å². The molecule has 5 N–H and O–H groups in total. The van der Waals surface area contributed by atoms with Crippen LogP contribution in [0.1, 0.15) is 13.3 Å². The van der Waals surface area contributed by atoms with E-state index >= 15 is 0 Å². The molecular weight excluding hydrogens is 96.0 g/mol. The van der Waals surface area contributed by atoms with Crippen LogP contribution in [0.3, 0.4) is 0 Å². The van der Waals surface area contributed by atoms with Gasteiger partial charge in [0.2, 0.25) is 5.91 Å². The van der Waals surface area contributed by atoms with Crippen LogP contribution in [0.5, 0.6) is 0 Å². The first-order chi connectivity index (χ1) is 3.12. The first-order valence-corrected chi connectivity index (χ1v) is 2.05. The fourth-order valence-electron chi connectivity index (χ4n) is 0.102. The van der Waals surface area contributed by atoms with Crippen LogP contribution in [0, 0.1) is 0 Å². The molecule has 44 valence electrons. The van der Waals surface area contributed by atoms with Crippen molar-refractivity contribution in [2.45, 2.75) is 19.3 Å². The minimum Gasteiger partial charge on any atom is -0.353 e. The van der Waals surface area contributed by atoms with Crippen LogP contribution in [0.15, 0.2) is 0 Å². The van der Waals surface area contributed by atoms with Gasteiger partial charge in [0, 0.05) is 6.42 Å². The van der Waals surface area contributed by atoms with Crippen LogP contribution in [0.4, 0.5) is 0 Å². The van der Waals surface area contributed by atoms with Crippen molar-refractivity contribution < 1.29 is 10.2 Å². The second-order valence-corrected chi connectivity index (χ2v) is 1.31. The predicted octanol–water partition coefficient (Wildman–Crippen LogP) is -1.50. The van der Waals surface area contributed by atoms with Crippen LogP contribution < -0.4 is 11.3 Å². The highest BCUT2D eigenvalue weighted by Gasteiger charge is 2.15. The Bertz CT molecular complexity index is 48.9. The maximum Gasteiger partial charge on any atom is 0.234 e. The lowest BCUT2D eigenvalue weighted by atomic mass is 10.4. The Kier molecular flexibility index (Phi) is 2.17. The van der Waals surface area contributed by atoms with Crippen LogP contribution in [-0.2, 0) is 0 Å². The van der Waals surface area contributed by atoms with Gasteiger partial charge in [-0.1, -0.05) is 6.92 Å². The van der Waals surface area contributed by atoms with Gasteiger partial charge in [-0.2, -0.15) is 0 Å². The van der Waals surface area contributed by atoms with Crippen LogP contribution in [0.25, 0.3) is 0 Å². The molecule has 0 aromatic heterocycles. The van der Waals surface area contributed by atoms with Gasteiger partial charge in [-0.05, 0) is 0 Å². The molecule has 0 unspecified atom stereocenters. The predicted molar refractivity (Wildman–Crippen MR) is 24.8 cm³/mol. The lowest BCUT2D eigenvalue weighted by molar-refractivity contribution is -0.187. The Morgan fingerprint density at radius 3 is 2.14 bits per heavy atom. The Morgan fingerprint density at radius 1 is 1.71 bits per heavy atom. The minimum absolute atomic E-state index is 0.170. The fourth-order valence-corrected chi connectivity index (χ4v) is 0.102. The fraction of sp³-hybridized carbons (Fsp3) is 1.00. The molecule has 0 spiro atoms. The van der Waals surface area contributed by atoms with Gasteiger partial charge < -0.3 is 10.2 Å². The molecule has 0 aromatic rings. The second-order valence-electron chi connectivity index (χ2n) is 1.31. The van der Waals surface area contributed by atoms with E-state index in [1.165, 1.54) is 0 Å². The van der Waals surface area contributed by atoms with E-state index < -0.39 is 5.91 Å². The van der Waals surface area contributed by atoms with Gasteiger partial charge in [-0.25, -0.2) is 5.43 Å².